The number of hydrogen-bond acceptors (Lipinski definition) is 5. The molecule has 1 aromatic heterocycles. The molecule has 2 aliphatic heterocycles. The Morgan fingerprint density at radius 2 is 1.94 bits per heavy atom. The maximum Gasteiger partial charge on any atom is 0.490 e. The smallest absolute Gasteiger partial charge is 0.475 e. The minimum Gasteiger partial charge on any atom is -0.475 e. The van der Waals surface area contributed by atoms with Gasteiger partial charge in [0, 0.05) is 56.0 Å². The van der Waals surface area contributed by atoms with Crippen LogP contribution in [-0.2, 0) is 23.2 Å². The Morgan fingerprint density at radius 1 is 1.28 bits per heavy atom. The van der Waals surface area contributed by atoms with Crippen LogP contribution in [-0.4, -0.2) is 57.5 Å². The number of rotatable bonds is 3. The van der Waals surface area contributed by atoms with E-state index in [0.29, 0.717) is 12.0 Å². The molecule has 2 fully saturated rings. The lowest BCUT2D eigenvalue weighted by Gasteiger charge is -2.24. The minimum absolute atomic E-state index is 0.0488. The summed E-state index contributed by atoms with van der Waals surface area (Å²) in [5.74, 6) is -2.57. The fourth-order valence-electron chi connectivity index (χ4n) is 4.09. The summed E-state index contributed by atoms with van der Waals surface area (Å²) in [7, 11) is 1.93. The SMILES string of the molecule is Cn1cc(CN2CCC3(CC(=O)N(c4ccc(C#N)cc4)C3)C2)cn1.O=C(O)C(F)(F)F. The van der Waals surface area contributed by atoms with Crippen LogP contribution in [0.3, 0.4) is 0 Å². The zero-order valence-electron chi connectivity index (χ0n) is 17.3. The highest BCUT2D eigenvalue weighted by Gasteiger charge is 2.47. The number of carbonyl (C=O) groups is 2. The first-order chi connectivity index (χ1) is 15.0. The van der Waals surface area contributed by atoms with Gasteiger partial charge in [0.15, 0.2) is 0 Å². The minimum atomic E-state index is -5.08. The number of alkyl halides is 3. The van der Waals surface area contributed by atoms with Crippen LogP contribution in [0.25, 0.3) is 0 Å². The third kappa shape index (κ3) is 5.45. The summed E-state index contributed by atoms with van der Waals surface area (Å²) in [6.45, 7) is 3.62. The van der Waals surface area contributed by atoms with Crippen molar-refractivity contribution < 1.29 is 27.9 Å². The third-order valence-corrected chi connectivity index (χ3v) is 5.55. The number of carbonyl (C=O) groups excluding carboxylic acids is 1. The lowest BCUT2D eigenvalue weighted by molar-refractivity contribution is -0.192. The maximum atomic E-state index is 12.6. The number of nitriles is 1. The normalized spacial score (nSPS) is 20.8. The van der Waals surface area contributed by atoms with Gasteiger partial charge in [-0.3, -0.25) is 14.4 Å². The summed E-state index contributed by atoms with van der Waals surface area (Å²) < 4.78 is 33.6. The summed E-state index contributed by atoms with van der Waals surface area (Å²) in [4.78, 5) is 25.8. The highest BCUT2D eigenvalue weighted by molar-refractivity contribution is 5.96. The average Bonchev–Trinajstić information content (AvgIpc) is 3.41. The lowest BCUT2D eigenvalue weighted by Crippen LogP contribution is -2.31. The molecule has 8 nitrogen and oxygen atoms in total. The fraction of sp³-hybridized carbons (Fsp3) is 0.429. The number of likely N-dealkylation sites (tertiary alicyclic amines) is 1. The van der Waals surface area contributed by atoms with Gasteiger partial charge < -0.3 is 10.0 Å². The van der Waals surface area contributed by atoms with Crippen LogP contribution in [0.1, 0.15) is 24.0 Å². The van der Waals surface area contributed by atoms with E-state index in [4.69, 9.17) is 15.2 Å². The number of amides is 1. The molecule has 4 rings (SSSR count). The Bertz CT molecular complexity index is 1030. The van der Waals surface area contributed by atoms with Gasteiger partial charge in [-0.05, 0) is 37.2 Å². The molecule has 0 bridgehead atoms. The number of benzene rings is 1. The Hall–Kier alpha value is -3.39. The van der Waals surface area contributed by atoms with Crippen LogP contribution in [0, 0.1) is 16.7 Å². The van der Waals surface area contributed by atoms with E-state index in [-0.39, 0.29) is 11.3 Å². The van der Waals surface area contributed by atoms with Gasteiger partial charge in [-0.25, -0.2) is 4.79 Å². The van der Waals surface area contributed by atoms with Crippen molar-refractivity contribution in [3.8, 4) is 6.07 Å². The Kier molecular flexibility index (Phi) is 6.55. The van der Waals surface area contributed by atoms with Crippen LogP contribution < -0.4 is 4.90 Å². The predicted octanol–water partition coefficient (Wildman–Crippen LogP) is 2.55. The number of hydrogen-bond donors (Lipinski definition) is 1. The van der Waals surface area contributed by atoms with E-state index in [1.807, 2.05) is 41.2 Å². The number of carboxylic acid groups (broad SMARTS) is 1. The summed E-state index contributed by atoms with van der Waals surface area (Å²) in [5.41, 5.74) is 2.78. The zero-order valence-corrected chi connectivity index (χ0v) is 17.3. The first-order valence-electron chi connectivity index (χ1n) is 9.82. The number of aryl methyl sites for hydroxylation is 1. The monoisotopic (exact) mass is 449 g/mol. The molecule has 32 heavy (non-hydrogen) atoms. The van der Waals surface area contributed by atoms with Crippen LogP contribution in [0.5, 0.6) is 0 Å². The largest absolute Gasteiger partial charge is 0.490 e. The molecule has 11 heteroatoms. The predicted molar refractivity (Wildman–Crippen MR) is 107 cm³/mol. The number of aliphatic carboxylic acids is 1. The van der Waals surface area contributed by atoms with Crippen molar-refractivity contribution in [3.63, 3.8) is 0 Å². The second-order valence-electron chi connectivity index (χ2n) is 8.10. The van der Waals surface area contributed by atoms with Crippen LogP contribution >= 0.6 is 0 Å². The number of anilines is 1. The van der Waals surface area contributed by atoms with Crippen molar-refractivity contribution in [2.75, 3.05) is 24.5 Å². The van der Waals surface area contributed by atoms with E-state index in [1.165, 1.54) is 5.56 Å². The number of aromatic nitrogens is 2. The zero-order chi connectivity index (χ0) is 23.5. The second-order valence-corrected chi connectivity index (χ2v) is 8.10. The maximum absolute atomic E-state index is 12.6. The molecule has 3 heterocycles. The standard InChI is InChI=1S/C19H21N5O.C2HF3O2/c1-22-11-16(10-21-22)12-23-7-6-19(13-23)8-18(25)24(14-19)17-4-2-15(9-20)3-5-17;3-2(4,5)1(6)7/h2-5,10-11H,6-8,12-14H2,1H3;(H,6,7). The molecule has 1 aromatic carbocycles. The van der Waals surface area contributed by atoms with Gasteiger partial charge in [-0.15, -0.1) is 0 Å². The van der Waals surface area contributed by atoms with Crippen LogP contribution in [0.4, 0.5) is 18.9 Å². The molecule has 170 valence electrons. The van der Waals surface area contributed by atoms with Crippen LogP contribution in [0.2, 0.25) is 0 Å². The molecule has 1 unspecified atom stereocenters. The number of carboxylic acids is 1. The topological polar surface area (TPSA) is 102 Å². The van der Waals surface area contributed by atoms with E-state index >= 15 is 0 Å². The second kappa shape index (κ2) is 9.00. The summed E-state index contributed by atoms with van der Waals surface area (Å²) in [5, 5.41) is 20.3. The summed E-state index contributed by atoms with van der Waals surface area (Å²) in [6, 6.07) is 9.41. The molecule has 0 radical (unpaired) electrons. The van der Waals surface area contributed by atoms with E-state index in [0.717, 1.165) is 38.3 Å². The molecular weight excluding hydrogens is 427 g/mol. The lowest BCUT2D eigenvalue weighted by atomic mass is 9.86. The Balaban J connectivity index is 0.000000360. The molecule has 0 aliphatic carbocycles. The molecule has 2 aliphatic rings. The highest BCUT2D eigenvalue weighted by Crippen LogP contribution is 2.42. The van der Waals surface area contributed by atoms with Gasteiger partial charge in [0.2, 0.25) is 5.91 Å². The molecule has 1 N–H and O–H groups in total. The van der Waals surface area contributed by atoms with Crippen molar-refractivity contribution >= 4 is 17.6 Å². The van der Waals surface area contributed by atoms with Gasteiger partial charge in [-0.1, -0.05) is 0 Å². The molecule has 2 aromatic rings. The van der Waals surface area contributed by atoms with E-state index in [1.54, 1.807) is 12.1 Å². The molecule has 1 spiro atoms. The molecule has 2 saturated heterocycles. The molecule has 1 atom stereocenters. The summed E-state index contributed by atoms with van der Waals surface area (Å²) in [6.07, 6.45) is 0.532. The van der Waals surface area contributed by atoms with Crippen molar-refractivity contribution in [1.82, 2.24) is 14.7 Å². The average molecular weight is 449 g/mol. The van der Waals surface area contributed by atoms with Gasteiger partial charge in [0.1, 0.15) is 0 Å². The molecule has 0 saturated carbocycles. The van der Waals surface area contributed by atoms with Crippen molar-refractivity contribution in [3.05, 3.63) is 47.8 Å². The number of halogens is 3. The van der Waals surface area contributed by atoms with Crippen LogP contribution in [0.15, 0.2) is 36.7 Å². The Labute approximate surface area is 182 Å². The first kappa shape index (κ1) is 23.3. The fourth-order valence-corrected chi connectivity index (χ4v) is 4.09. The third-order valence-electron chi connectivity index (χ3n) is 5.55. The van der Waals surface area contributed by atoms with E-state index in [2.05, 4.69) is 16.1 Å². The van der Waals surface area contributed by atoms with Gasteiger partial charge >= 0.3 is 12.1 Å². The van der Waals surface area contributed by atoms with E-state index in [9.17, 15) is 18.0 Å². The Morgan fingerprint density at radius 3 is 2.47 bits per heavy atom. The van der Waals surface area contributed by atoms with E-state index < -0.39 is 12.1 Å². The highest BCUT2D eigenvalue weighted by atomic mass is 19.4. The number of nitrogens with zero attached hydrogens (tertiary/aromatic N) is 5. The first-order valence-corrected chi connectivity index (χ1v) is 9.82. The summed E-state index contributed by atoms with van der Waals surface area (Å²) >= 11 is 0. The van der Waals surface area contributed by atoms with Crippen molar-refractivity contribution in [2.45, 2.75) is 25.6 Å². The van der Waals surface area contributed by atoms with Crippen molar-refractivity contribution in [1.29, 1.82) is 5.26 Å². The van der Waals surface area contributed by atoms with Gasteiger partial charge in [0.05, 0.1) is 17.8 Å². The van der Waals surface area contributed by atoms with Gasteiger partial charge in [-0.2, -0.15) is 23.5 Å². The van der Waals surface area contributed by atoms with Gasteiger partial charge in [0.25, 0.3) is 0 Å². The van der Waals surface area contributed by atoms with Crippen molar-refractivity contribution in [2.24, 2.45) is 12.5 Å². The molecular formula is C21H22F3N5O3. The quantitative estimate of drug-likeness (QED) is 0.773. The molecule has 1 amide bonds.